The molecule has 32 heavy (non-hydrogen) atoms. The van der Waals surface area contributed by atoms with Crippen LogP contribution in [0.2, 0.25) is 0 Å². The van der Waals surface area contributed by atoms with E-state index in [2.05, 4.69) is 5.32 Å². The molecular formula is C25H24N2O4S. The van der Waals surface area contributed by atoms with Crippen LogP contribution in [-0.4, -0.2) is 36.9 Å². The van der Waals surface area contributed by atoms with Crippen LogP contribution in [0.3, 0.4) is 0 Å². The Labute approximate surface area is 190 Å². The van der Waals surface area contributed by atoms with Gasteiger partial charge in [-0.25, -0.2) is 0 Å². The molecule has 0 atom stereocenters. The van der Waals surface area contributed by atoms with Crippen molar-refractivity contribution in [2.45, 2.75) is 19.4 Å². The lowest BCUT2D eigenvalue weighted by atomic mass is 9.95. The van der Waals surface area contributed by atoms with Crippen LogP contribution in [0.4, 0.5) is 5.69 Å². The van der Waals surface area contributed by atoms with E-state index in [1.165, 1.54) is 11.3 Å². The normalized spacial score (nSPS) is 15.3. The van der Waals surface area contributed by atoms with Gasteiger partial charge in [0.2, 0.25) is 5.91 Å². The number of methoxy groups -OCH3 is 1. The Kier molecular flexibility index (Phi) is 5.57. The minimum Gasteiger partial charge on any atom is -0.495 e. The Morgan fingerprint density at radius 3 is 2.66 bits per heavy atom. The number of carbonyl (C=O) groups excluding carboxylic acids is 2. The minimum absolute atomic E-state index is 0.0260. The zero-order valence-electron chi connectivity index (χ0n) is 17.8. The molecule has 6 nitrogen and oxygen atoms in total. The number of amides is 2. The van der Waals surface area contributed by atoms with Crippen molar-refractivity contribution in [1.29, 1.82) is 0 Å². The van der Waals surface area contributed by atoms with Gasteiger partial charge in [-0.05, 0) is 43.2 Å². The average Bonchev–Trinajstić information content (AvgIpc) is 3.29. The fourth-order valence-electron chi connectivity index (χ4n) is 4.29. The van der Waals surface area contributed by atoms with Crippen LogP contribution >= 0.6 is 11.3 Å². The Morgan fingerprint density at radius 1 is 1.09 bits per heavy atom. The number of likely N-dealkylation sites (tertiary alicyclic amines) is 1. The van der Waals surface area contributed by atoms with Crippen LogP contribution in [0.15, 0.2) is 54.6 Å². The number of carbonyl (C=O) groups is 2. The number of benzene rings is 2. The van der Waals surface area contributed by atoms with Gasteiger partial charge in [0.25, 0.3) is 5.91 Å². The van der Waals surface area contributed by atoms with Crippen LogP contribution in [-0.2, 0) is 11.4 Å². The van der Waals surface area contributed by atoms with Crippen LogP contribution in [0.5, 0.6) is 11.5 Å². The van der Waals surface area contributed by atoms with E-state index in [1.807, 2.05) is 59.5 Å². The molecule has 3 aromatic rings. The van der Waals surface area contributed by atoms with E-state index in [4.69, 9.17) is 9.47 Å². The van der Waals surface area contributed by atoms with Crippen molar-refractivity contribution in [2.24, 2.45) is 5.92 Å². The maximum absolute atomic E-state index is 13.2. The number of piperidine rings is 1. The molecule has 3 heterocycles. The van der Waals surface area contributed by atoms with Crippen LogP contribution in [0, 0.1) is 5.92 Å². The van der Waals surface area contributed by atoms with Gasteiger partial charge in [-0.2, -0.15) is 0 Å². The maximum atomic E-state index is 13.2. The fourth-order valence-corrected chi connectivity index (χ4v) is 5.45. The number of anilines is 1. The highest BCUT2D eigenvalue weighted by Crippen LogP contribution is 2.42. The molecule has 164 valence electrons. The molecule has 7 heteroatoms. The standard InChI is InChI=1S/C25H24N2O4S/c1-30-21-9-5-3-7-19(21)26-24(28)16-10-12-27(13-11-16)25(29)22-14-17-15-31-20-8-4-2-6-18(20)23(17)32-22/h2-9,14,16H,10-13,15H2,1H3,(H,26,28). The van der Waals surface area contributed by atoms with Crippen molar-refractivity contribution in [3.05, 3.63) is 65.0 Å². The number of nitrogens with one attached hydrogen (secondary N) is 1. The Hall–Kier alpha value is -3.32. The summed E-state index contributed by atoms with van der Waals surface area (Å²) in [5.41, 5.74) is 2.78. The van der Waals surface area contributed by atoms with Gasteiger partial charge in [0.05, 0.1) is 17.7 Å². The quantitative estimate of drug-likeness (QED) is 0.622. The molecule has 5 rings (SSSR count). The molecule has 0 bridgehead atoms. The van der Waals surface area contributed by atoms with Crippen molar-refractivity contribution in [1.82, 2.24) is 4.90 Å². The number of hydrogen-bond acceptors (Lipinski definition) is 5. The SMILES string of the molecule is COc1ccccc1NC(=O)C1CCN(C(=O)c2cc3c(s2)-c2ccccc2OC3)CC1. The molecule has 2 aromatic carbocycles. The molecule has 0 saturated carbocycles. The third-order valence-electron chi connectivity index (χ3n) is 6.05. The van der Waals surface area contributed by atoms with Crippen molar-refractivity contribution in [3.8, 4) is 21.9 Å². The second kappa shape index (κ2) is 8.67. The van der Waals surface area contributed by atoms with E-state index in [0.29, 0.717) is 44.0 Å². The highest BCUT2D eigenvalue weighted by atomic mass is 32.1. The average molecular weight is 449 g/mol. The number of rotatable bonds is 4. The monoisotopic (exact) mass is 448 g/mol. The first-order valence-electron chi connectivity index (χ1n) is 10.7. The summed E-state index contributed by atoms with van der Waals surface area (Å²) in [4.78, 5) is 29.6. The molecule has 2 aliphatic heterocycles. The summed E-state index contributed by atoms with van der Waals surface area (Å²) in [5.74, 6) is 1.39. The molecule has 2 amide bonds. The van der Waals surface area contributed by atoms with Gasteiger partial charge in [-0.15, -0.1) is 11.3 Å². The van der Waals surface area contributed by atoms with Crippen LogP contribution in [0.1, 0.15) is 28.1 Å². The zero-order valence-corrected chi connectivity index (χ0v) is 18.6. The molecule has 0 spiro atoms. The van der Waals surface area contributed by atoms with E-state index in [-0.39, 0.29) is 17.7 Å². The molecule has 0 unspecified atom stereocenters. The van der Waals surface area contributed by atoms with E-state index < -0.39 is 0 Å². The first-order chi connectivity index (χ1) is 15.6. The van der Waals surface area contributed by atoms with Crippen LogP contribution in [0.25, 0.3) is 10.4 Å². The Balaban J connectivity index is 1.23. The second-order valence-electron chi connectivity index (χ2n) is 8.01. The molecule has 1 saturated heterocycles. The molecule has 1 N–H and O–H groups in total. The third-order valence-corrected chi connectivity index (χ3v) is 7.25. The topological polar surface area (TPSA) is 67.9 Å². The van der Waals surface area contributed by atoms with Crippen molar-refractivity contribution in [3.63, 3.8) is 0 Å². The predicted octanol–water partition coefficient (Wildman–Crippen LogP) is 4.81. The van der Waals surface area contributed by atoms with Gasteiger partial charge in [0.15, 0.2) is 0 Å². The number of thiophene rings is 1. The van der Waals surface area contributed by atoms with Gasteiger partial charge in [-0.3, -0.25) is 9.59 Å². The van der Waals surface area contributed by atoms with Crippen LogP contribution < -0.4 is 14.8 Å². The summed E-state index contributed by atoms with van der Waals surface area (Å²) in [6.07, 6.45) is 1.29. The van der Waals surface area contributed by atoms with Crippen molar-refractivity contribution >= 4 is 28.8 Å². The first kappa shape index (κ1) is 20.6. The van der Waals surface area contributed by atoms with Crippen molar-refractivity contribution in [2.75, 3.05) is 25.5 Å². The Morgan fingerprint density at radius 2 is 1.84 bits per heavy atom. The maximum Gasteiger partial charge on any atom is 0.263 e. The lowest BCUT2D eigenvalue weighted by Crippen LogP contribution is -2.41. The lowest BCUT2D eigenvalue weighted by molar-refractivity contribution is -0.121. The summed E-state index contributed by atoms with van der Waals surface area (Å²) in [7, 11) is 1.59. The summed E-state index contributed by atoms with van der Waals surface area (Å²) in [6, 6.07) is 17.3. The highest BCUT2D eigenvalue weighted by Gasteiger charge is 2.30. The van der Waals surface area contributed by atoms with Gasteiger partial charge < -0.3 is 19.7 Å². The van der Waals surface area contributed by atoms with Gasteiger partial charge in [0, 0.05) is 35.0 Å². The van der Waals surface area contributed by atoms with E-state index >= 15 is 0 Å². The van der Waals surface area contributed by atoms with E-state index in [0.717, 1.165) is 26.6 Å². The number of para-hydroxylation sites is 3. The first-order valence-corrected chi connectivity index (χ1v) is 11.5. The van der Waals surface area contributed by atoms with E-state index in [9.17, 15) is 9.59 Å². The summed E-state index contributed by atoms with van der Waals surface area (Å²) in [6.45, 7) is 1.62. The predicted molar refractivity (Wildman–Crippen MR) is 124 cm³/mol. The Bertz CT molecular complexity index is 1160. The number of nitrogens with zero attached hydrogens (tertiary/aromatic N) is 1. The summed E-state index contributed by atoms with van der Waals surface area (Å²) in [5, 5.41) is 2.97. The molecule has 2 aliphatic rings. The van der Waals surface area contributed by atoms with E-state index in [1.54, 1.807) is 7.11 Å². The molecule has 1 fully saturated rings. The van der Waals surface area contributed by atoms with Gasteiger partial charge >= 0.3 is 0 Å². The van der Waals surface area contributed by atoms with Gasteiger partial charge in [-0.1, -0.05) is 24.3 Å². The number of ether oxygens (including phenoxy) is 2. The minimum atomic E-state index is -0.124. The summed E-state index contributed by atoms with van der Waals surface area (Å²) < 4.78 is 11.1. The molecule has 0 radical (unpaired) electrons. The highest BCUT2D eigenvalue weighted by molar-refractivity contribution is 7.17. The second-order valence-corrected chi connectivity index (χ2v) is 9.06. The summed E-state index contributed by atoms with van der Waals surface area (Å²) >= 11 is 1.53. The molecular weight excluding hydrogens is 424 g/mol. The largest absolute Gasteiger partial charge is 0.495 e. The lowest BCUT2D eigenvalue weighted by Gasteiger charge is -2.31. The van der Waals surface area contributed by atoms with Crippen molar-refractivity contribution < 1.29 is 19.1 Å². The fraction of sp³-hybridized carbons (Fsp3) is 0.280. The third kappa shape index (κ3) is 3.84. The molecule has 0 aliphatic carbocycles. The smallest absolute Gasteiger partial charge is 0.263 e. The number of fused-ring (bicyclic) bond motifs is 3. The van der Waals surface area contributed by atoms with Gasteiger partial charge in [0.1, 0.15) is 18.1 Å². The molecule has 1 aromatic heterocycles. The number of hydrogen-bond donors (Lipinski definition) is 1. The zero-order chi connectivity index (χ0) is 22.1.